The average Bonchev–Trinajstić information content (AvgIpc) is 2.82. The second-order valence-electron chi connectivity index (χ2n) is 4.69. The van der Waals surface area contributed by atoms with E-state index in [0.717, 1.165) is 17.8 Å². The highest BCUT2D eigenvalue weighted by Crippen LogP contribution is 2.37. The fourth-order valence-electron chi connectivity index (χ4n) is 2.39. The van der Waals surface area contributed by atoms with Crippen LogP contribution in [0.5, 0.6) is 0 Å². The van der Waals surface area contributed by atoms with Gasteiger partial charge in [-0.1, -0.05) is 0 Å². The molecule has 9 heteroatoms. The number of aromatic nitrogens is 3. The molecule has 1 atom stereocenters. The highest BCUT2D eigenvalue weighted by atomic mass is 19.4. The molecule has 0 bridgehead atoms. The number of alkyl halides is 3. The van der Waals surface area contributed by atoms with Gasteiger partial charge in [0.05, 0.1) is 0 Å². The molecular formula is C10H15F3N6. The molecule has 19 heavy (non-hydrogen) atoms. The van der Waals surface area contributed by atoms with Crippen molar-refractivity contribution in [2.24, 2.45) is 0 Å². The average molecular weight is 276 g/mol. The van der Waals surface area contributed by atoms with Crippen LogP contribution in [0.2, 0.25) is 0 Å². The van der Waals surface area contributed by atoms with Crippen LogP contribution in [0.15, 0.2) is 0 Å². The molecule has 3 heterocycles. The molecule has 0 spiro atoms. The van der Waals surface area contributed by atoms with Crippen molar-refractivity contribution in [2.75, 3.05) is 42.9 Å². The van der Waals surface area contributed by atoms with Gasteiger partial charge < -0.3 is 15.5 Å². The number of anilines is 2. The van der Waals surface area contributed by atoms with Gasteiger partial charge in [-0.3, -0.25) is 0 Å². The van der Waals surface area contributed by atoms with Crippen molar-refractivity contribution in [3.8, 4) is 0 Å². The van der Waals surface area contributed by atoms with Crippen molar-refractivity contribution in [1.82, 2.24) is 20.1 Å². The van der Waals surface area contributed by atoms with E-state index in [2.05, 4.69) is 20.7 Å². The maximum Gasteiger partial charge on any atom is 0.411 e. The molecule has 3 rings (SSSR count). The van der Waals surface area contributed by atoms with Crippen LogP contribution in [-0.4, -0.2) is 53.7 Å². The molecule has 6 nitrogen and oxygen atoms in total. The van der Waals surface area contributed by atoms with Crippen LogP contribution in [0, 0.1) is 0 Å². The van der Waals surface area contributed by atoms with E-state index in [1.807, 2.05) is 4.90 Å². The van der Waals surface area contributed by atoms with E-state index in [9.17, 15) is 13.2 Å². The van der Waals surface area contributed by atoms with Crippen molar-refractivity contribution < 1.29 is 13.2 Å². The van der Waals surface area contributed by atoms with Gasteiger partial charge in [0.25, 0.3) is 0 Å². The fraction of sp³-hybridized carbons (Fsp3) is 0.800. The van der Waals surface area contributed by atoms with E-state index < -0.39 is 12.2 Å². The normalized spacial score (nSPS) is 23.9. The monoisotopic (exact) mass is 276 g/mol. The van der Waals surface area contributed by atoms with Crippen LogP contribution in [0.4, 0.5) is 25.1 Å². The maximum atomic E-state index is 12.9. The molecule has 106 valence electrons. The molecule has 0 amide bonds. The number of piperazine rings is 1. The summed E-state index contributed by atoms with van der Waals surface area (Å²) >= 11 is 0. The van der Waals surface area contributed by atoms with Crippen molar-refractivity contribution in [2.45, 2.75) is 18.6 Å². The van der Waals surface area contributed by atoms with Gasteiger partial charge >= 0.3 is 6.18 Å². The zero-order valence-electron chi connectivity index (χ0n) is 10.2. The van der Waals surface area contributed by atoms with Crippen LogP contribution in [0.1, 0.15) is 12.5 Å². The van der Waals surface area contributed by atoms with Crippen LogP contribution in [0.3, 0.4) is 0 Å². The number of nitrogens with one attached hydrogen (secondary N) is 2. The Hall–Kier alpha value is -1.51. The van der Waals surface area contributed by atoms with Crippen LogP contribution < -0.4 is 15.5 Å². The lowest BCUT2D eigenvalue weighted by Crippen LogP contribution is -2.44. The Bertz CT molecular complexity index is 451. The van der Waals surface area contributed by atoms with Crippen LogP contribution >= 0.6 is 0 Å². The lowest BCUT2D eigenvalue weighted by molar-refractivity contribution is -0.171. The Balaban J connectivity index is 1.88. The molecule has 0 aliphatic carbocycles. The van der Waals surface area contributed by atoms with Gasteiger partial charge in [-0.15, -0.1) is 5.10 Å². The maximum absolute atomic E-state index is 12.9. The predicted molar refractivity (Wildman–Crippen MR) is 63.3 cm³/mol. The number of fused-ring (bicyclic) bond motifs is 1. The highest BCUT2D eigenvalue weighted by Gasteiger charge is 2.44. The highest BCUT2D eigenvalue weighted by molar-refractivity contribution is 5.40. The smallest absolute Gasteiger partial charge is 0.354 e. The molecular weight excluding hydrogens is 261 g/mol. The molecule has 1 unspecified atom stereocenters. The Kier molecular flexibility index (Phi) is 3.00. The second kappa shape index (κ2) is 4.55. The van der Waals surface area contributed by atoms with Crippen LogP contribution in [0.25, 0.3) is 0 Å². The number of hydrogen-bond acceptors (Lipinski definition) is 5. The van der Waals surface area contributed by atoms with E-state index in [1.165, 1.54) is 0 Å². The summed E-state index contributed by atoms with van der Waals surface area (Å²) in [6.45, 7) is 3.27. The zero-order valence-corrected chi connectivity index (χ0v) is 10.2. The molecule has 2 aliphatic rings. The van der Waals surface area contributed by atoms with Crippen molar-refractivity contribution in [3.63, 3.8) is 0 Å². The topological polar surface area (TPSA) is 58.0 Å². The number of halogens is 3. The molecule has 0 radical (unpaired) electrons. The molecule has 1 fully saturated rings. The Morgan fingerprint density at radius 3 is 2.58 bits per heavy atom. The zero-order chi connectivity index (χ0) is 13.5. The van der Waals surface area contributed by atoms with E-state index in [-0.39, 0.29) is 18.9 Å². The first kappa shape index (κ1) is 12.5. The Morgan fingerprint density at radius 2 is 1.89 bits per heavy atom. The van der Waals surface area contributed by atoms with Gasteiger partial charge in [0, 0.05) is 32.7 Å². The standard InChI is InChI=1S/C10H15F3N6/c11-10(12,13)7-1-2-15-8-16-9(17-19(7)8)18-5-3-14-4-6-18/h7,14H,1-6H2,(H,15,16,17). The lowest BCUT2D eigenvalue weighted by Gasteiger charge is -2.26. The molecule has 1 aromatic heterocycles. The van der Waals surface area contributed by atoms with E-state index in [1.54, 1.807) is 0 Å². The molecule has 1 saturated heterocycles. The molecule has 0 saturated carbocycles. The van der Waals surface area contributed by atoms with Gasteiger partial charge in [0.15, 0.2) is 6.04 Å². The van der Waals surface area contributed by atoms with Gasteiger partial charge in [-0.2, -0.15) is 18.2 Å². The summed E-state index contributed by atoms with van der Waals surface area (Å²) in [7, 11) is 0. The summed E-state index contributed by atoms with van der Waals surface area (Å²) in [4.78, 5) is 6.08. The first-order valence-electron chi connectivity index (χ1n) is 6.28. The third-order valence-electron chi connectivity index (χ3n) is 3.39. The van der Waals surface area contributed by atoms with Gasteiger partial charge in [-0.05, 0) is 6.42 Å². The predicted octanol–water partition coefficient (Wildman–Crippen LogP) is 0.607. The summed E-state index contributed by atoms with van der Waals surface area (Å²) in [5.74, 6) is 0.585. The first-order valence-corrected chi connectivity index (χ1v) is 6.28. The van der Waals surface area contributed by atoms with Crippen molar-refractivity contribution >= 4 is 11.9 Å². The second-order valence-corrected chi connectivity index (χ2v) is 4.69. The minimum absolute atomic E-state index is 0.0130. The summed E-state index contributed by atoms with van der Waals surface area (Å²) in [6, 6.07) is -1.58. The van der Waals surface area contributed by atoms with Gasteiger partial charge in [0.1, 0.15) is 0 Å². The number of rotatable bonds is 1. The fourth-order valence-corrected chi connectivity index (χ4v) is 2.39. The van der Waals surface area contributed by atoms with Crippen molar-refractivity contribution in [1.29, 1.82) is 0 Å². The molecule has 1 aromatic rings. The quantitative estimate of drug-likeness (QED) is 0.787. The van der Waals surface area contributed by atoms with Gasteiger partial charge in [-0.25, -0.2) is 4.68 Å². The van der Waals surface area contributed by atoms with E-state index in [0.29, 0.717) is 19.0 Å². The summed E-state index contributed by atoms with van der Waals surface area (Å²) in [6.07, 6.45) is -4.30. The first-order chi connectivity index (χ1) is 9.05. The van der Waals surface area contributed by atoms with E-state index >= 15 is 0 Å². The summed E-state index contributed by atoms with van der Waals surface area (Å²) in [5, 5.41) is 10.1. The Labute approximate surface area is 108 Å². The minimum atomic E-state index is -4.29. The largest absolute Gasteiger partial charge is 0.411 e. The molecule has 0 aromatic carbocycles. The molecule has 2 N–H and O–H groups in total. The third kappa shape index (κ3) is 2.34. The minimum Gasteiger partial charge on any atom is -0.354 e. The number of nitrogens with zero attached hydrogens (tertiary/aromatic N) is 4. The van der Waals surface area contributed by atoms with Crippen LogP contribution in [-0.2, 0) is 0 Å². The lowest BCUT2D eigenvalue weighted by atomic mass is 10.2. The number of hydrogen-bond donors (Lipinski definition) is 2. The van der Waals surface area contributed by atoms with Crippen molar-refractivity contribution in [3.05, 3.63) is 0 Å². The summed E-state index contributed by atoms with van der Waals surface area (Å²) in [5.41, 5.74) is 0. The van der Waals surface area contributed by atoms with Gasteiger partial charge in [0.2, 0.25) is 11.9 Å². The SMILES string of the molecule is FC(F)(F)C1CCNc2nc(N3CCNCC3)nn21. The Morgan fingerprint density at radius 1 is 1.16 bits per heavy atom. The molecule has 2 aliphatic heterocycles. The third-order valence-corrected chi connectivity index (χ3v) is 3.39. The van der Waals surface area contributed by atoms with E-state index in [4.69, 9.17) is 0 Å². The summed E-state index contributed by atoms with van der Waals surface area (Å²) < 4.78 is 39.8.